The van der Waals surface area contributed by atoms with Crippen LogP contribution < -0.4 is 19.5 Å². The molecular weight excluding hydrogens is 458 g/mol. The average Bonchev–Trinajstić information content (AvgIpc) is 3.13. The fourth-order valence-corrected chi connectivity index (χ4v) is 4.30. The average molecular weight is 486 g/mol. The van der Waals surface area contributed by atoms with Crippen LogP contribution in [0.2, 0.25) is 5.02 Å². The van der Waals surface area contributed by atoms with E-state index >= 15 is 0 Å². The summed E-state index contributed by atoms with van der Waals surface area (Å²) in [5.74, 6) is 2.32. The highest BCUT2D eigenvalue weighted by molar-refractivity contribution is 6.33. The van der Waals surface area contributed by atoms with E-state index < -0.39 is 6.09 Å². The standard InChI is InChI=1S/C25H28ClN3O5/c1-31-22-12-18-21(13-23(22)32-2)27-15-28-24(18)34-17-9-10-20(19(26)11-17)29-25(30)33-14-16-7-5-3-4-6-8-16/h9-13,15-16H,3-8,14H2,1-2H3,(H,29,30). The summed E-state index contributed by atoms with van der Waals surface area (Å²) in [6.45, 7) is 0.430. The minimum atomic E-state index is -0.511. The van der Waals surface area contributed by atoms with Gasteiger partial charge in [0.15, 0.2) is 11.5 Å². The molecule has 4 rings (SSSR count). The van der Waals surface area contributed by atoms with Crippen LogP contribution in [0.3, 0.4) is 0 Å². The van der Waals surface area contributed by atoms with Crippen LogP contribution in [0.25, 0.3) is 10.9 Å². The lowest BCUT2D eigenvalue weighted by Gasteiger charge is -2.15. The van der Waals surface area contributed by atoms with Gasteiger partial charge in [0, 0.05) is 12.1 Å². The van der Waals surface area contributed by atoms with Gasteiger partial charge in [-0.05, 0) is 37.0 Å². The maximum atomic E-state index is 12.3. The Kier molecular flexibility index (Phi) is 7.90. The monoisotopic (exact) mass is 485 g/mol. The number of benzene rings is 2. The SMILES string of the molecule is COc1cc2ncnc(Oc3ccc(NC(=O)OCC4CCCCCC4)c(Cl)c3)c2cc1OC. The first-order chi connectivity index (χ1) is 16.6. The second-order valence-electron chi connectivity index (χ2n) is 8.23. The van der Waals surface area contributed by atoms with Crippen LogP contribution >= 0.6 is 11.6 Å². The van der Waals surface area contributed by atoms with E-state index in [1.165, 1.54) is 32.0 Å². The minimum Gasteiger partial charge on any atom is -0.493 e. The van der Waals surface area contributed by atoms with Gasteiger partial charge in [0.1, 0.15) is 12.1 Å². The number of anilines is 1. The van der Waals surface area contributed by atoms with Gasteiger partial charge in [-0.2, -0.15) is 0 Å². The molecule has 1 N–H and O–H groups in total. The number of methoxy groups -OCH3 is 2. The molecule has 0 saturated heterocycles. The van der Waals surface area contributed by atoms with Crippen LogP contribution in [-0.2, 0) is 4.74 Å². The van der Waals surface area contributed by atoms with Gasteiger partial charge in [-0.25, -0.2) is 14.8 Å². The predicted octanol–water partition coefficient (Wildman–Crippen LogP) is 6.61. The molecule has 1 saturated carbocycles. The Balaban J connectivity index is 1.43. The van der Waals surface area contributed by atoms with Crippen molar-refractivity contribution in [1.82, 2.24) is 9.97 Å². The van der Waals surface area contributed by atoms with E-state index in [1.54, 1.807) is 44.6 Å². The normalized spacial score (nSPS) is 14.3. The quantitative estimate of drug-likeness (QED) is 0.376. The second kappa shape index (κ2) is 11.2. The van der Waals surface area contributed by atoms with Crippen LogP contribution in [0.5, 0.6) is 23.1 Å². The van der Waals surface area contributed by atoms with E-state index in [1.807, 2.05) is 0 Å². The molecule has 0 atom stereocenters. The van der Waals surface area contributed by atoms with Gasteiger partial charge in [-0.3, -0.25) is 5.32 Å². The Hall–Kier alpha value is -3.26. The molecule has 1 heterocycles. The fourth-order valence-electron chi connectivity index (χ4n) is 4.08. The van der Waals surface area contributed by atoms with Crippen molar-refractivity contribution in [3.05, 3.63) is 41.7 Å². The molecule has 2 aromatic carbocycles. The van der Waals surface area contributed by atoms with Gasteiger partial charge >= 0.3 is 6.09 Å². The van der Waals surface area contributed by atoms with Crippen molar-refractivity contribution in [1.29, 1.82) is 0 Å². The molecule has 1 aromatic heterocycles. The van der Waals surface area contributed by atoms with Crippen molar-refractivity contribution in [2.75, 3.05) is 26.1 Å². The number of nitrogens with one attached hydrogen (secondary N) is 1. The summed E-state index contributed by atoms with van der Waals surface area (Å²) in [5, 5.41) is 3.68. The topological polar surface area (TPSA) is 91.8 Å². The van der Waals surface area contributed by atoms with Gasteiger partial charge < -0.3 is 18.9 Å². The van der Waals surface area contributed by atoms with Crippen LogP contribution in [0.4, 0.5) is 10.5 Å². The summed E-state index contributed by atoms with van der Waals surface area (Å²) in [7, 11) is 3.12. The van der Waals surface area contributed by atoms with E-state index in [0.717, 1.165) is 12.8 Å². The van der Waals surface area contributed by atoms with Gasteiger partial charge in [0.2, 0.25) is 5.88 Å². The van der Waals surface area contributed by atoms with Gasteiger partial charge in [0.05, 0.1) is 42.4 Å². The lowest BCUT2D eigenvalue weighted by atomic mass is 10.0. The van der Waals surface area contributed by atoms with E-state index in [2.05, 4.69) is 15.3 Å². The lowest BCUT2D eigenvalue weighted by molar-refractivity contribution is 0.136. The Labute approximate surface area is 203 Å². The number of ether oxygens (including phenoxy) is 4. The molecule has 0 unspecified atom stereocenters. The van der Waals surface area contributed by atoms with Gasteiger partial charge in [0.25, 0.3) is 0 Å². The molecule has 9 heteroatoms. The fraction of sp³-hybridized carbons (Fsp3) is 0.400. The molecule has 0 aliphatic heterocycles. The summed E-state index contributed by atoms with van der Waals surface area (Å²) < 4.78 is 22.1. The zero-order valence-corrected chi connectivity index (χ0v) is 20.1. The number of hydrogen-bond acceptors (Lipinski definition) is 7. The third kappa shape index (κ3) is 5.80. The van der Waals surface area contributed by atoms with Crippen molar-refractivity contribution in [3.63, 3.8) is 0 Å². The van der Waals surface area contributed by atoms with Crippen LogP contribution in [0.15, 0.2) is 36.7 Å². The van der Waals surface area contributed by atoms with Crippen molar-refractivity contribution in [2.24, 2.45) is 5.92 Å². The number of hydrogen-bond donors (Lipinski definition) is 1. The Bertz CT molecular complexity index is 1150. The summed E-state index contributed by atoms with van der Waals surface area (Å²) in [6, 6.07) is 8.48. The predicted molar refractivity (Wildman–Crippen MR) is 130 cm³/mol. The number of nitrogens with zero attached hydrogens (tertiary/aromatic N) is 2. The highest BCUT2D eigenvalue weighted by atomic mass is 35.5. The Morgan fingerprint density at radius 3 is 2.47 bits per heavy atom. The number of fused-ring (bicyclic) bond motifs is 1. The molecule has 0 bridgehead atoms. The number of carbonyl (C=O) groups excluding carboxylic acids is 1. The van der Waals surface area contributed by atoms with E-state index in [0.29, 0.717) is 57.3 Å². The van der Waals surface area contributed by atoms with Crippen LogP contribution in [0.1, 0.15) is 38.5 Å². The molecule has 8 nitrogen and oxygen atoms in total. The van der Waals surface area contributed by atoms with Crippen molar-refractivity contribution < 1.29 is 23.7 Å². The summed E-state index contributed by atoms with van der Waals surface area (Å²) in [5.41, 5.74) is 1.09. The highest BCUT2D eigenvalue weighted by Crippen LogP contribution is 2.37. The molecule has 0 radical (unpaired) electrons. The molecule has 1 fully saturated rings. The first-order valence-corrected chi connectivity index (χ1v) is 11.7. The number of amides is 1. The first-order valence-electron chi connectivity index (χ1n) is 11.3. The van der Waals surface area contributed by atoms with Crippen LogP contribution in [-0.4, -0.2) is 36.9 Å². The molecule has 0 spiro atoms. The maximum Gasteiger partial charge on any atom is 0.411 e. The number of carbonyl (C=O) groups is 1. The molecule has 1 aliphatic carbocycles. The molecule has 180 valence electrons. The molecule has 1 amide bonds. The van der Waals surface area contributed by atoms with Crippen molar-refractivity contribution in [3.8, 4) is 23.1 Å². The zero-order chi connectivity index (χ0) is 23.9. The van der Waals surface area contributed by atoms with Gasteiger partial charge in [-0.1, -0.05) is 37.3 Å². The molecule has 34 heavy (non-hydrogen) atoms. The Morgan fingerprint density at radius 2 is 1.76 bits per heavy atom. The van der Waals surface area contributed by atoms with Crippen molar-refractivity contribution >= 4 is 34.3 Å². The number of halogens is 1. The number of aromatic nitrogens is 2. The van der Waals surface area contributed by atoms with Crippen LogP contribution in [0, 0.1) is 5.92 Å². The third-order valence-electron chi connectivity index (χ3n) is 5.92. The molecule has 1 aliphatic rings. The van der Waals surface area contributed by atoms with E-state index in [4.69, 9.17) is 30.5 Å². The number of rotatable bonds is 7. The second-order valence-corrected chi connectivity index (χ2v) is 8.64. The van der Waals surface area contributed by atoms with E-state index in [9.17, 15) is 4.79 Å². The van der Waals surface area contributed by atoms with E-state index in [-0.39, 0.29) is 0 Å². The van der Waals surface area contributed by atoms with Gasteiger partial charge in [-0.15, -0.1) is 0 Å². The largest absolute Gasteiger partial charge is 0.493 e. The van der Waals surface area contributed by atoms with Crippen molar-refractivity contribution in [2.45, 2.75) is 38.5 Å². The Morgan fingerprint density at radius 1 is 1.03 bits per heavy atom. The third-order valence-corrected chi connectivity index (χ3v) is 6.23. The minimum absolute atomic E-state index is 0.321. The molecule has 3 aromatic rings. The smallest absolute Gasteiger partial charge is 0.411 e. The zero-order valence-electron chi connectivity index (χ0n) is 19.3. The summed E-state index contributed by atoms with van der Waals surface area (Å²) in [6.07, 6.45) is 8.04. The molecular formula is C25H28ClN3O5. The summed E-state index contributed by atoms with van der Waals surface area (Å²) in [4.78, 5) is 20.8. The highest BCUT2D eigenvalue weighted by Gasteiger charge is 2.16. The maximum absolute atomic E-state index is 12.3. The summed E-state index contributed by atoms with van der Waals surface area (Å²) >= 11 is 6.40. The first kappa shape index (κ1) is 23.9. The lowest BCUT2D eigenvalue weighted by Crippen LogP contribution is -2.18.